The second-order valence-corrected chi connectivity index (χ2v) is 4.50. The van der Waals surface area contributed by atoms with Gasteiger partial charge in [0.15, 0.2) is 5.78 Å². The van der Waals surface area contributed by atoms with Crippen molar-refractivity contribution in [1.29, 1.82) is 0 Å². The number of ketones is 1. The molecule has 4 heteroatoms. The first kappa shape index (κ1) is 12.9. The van der Waals surface area contributed by atoms with Crippen LogP contribution >= 0.6 is 23.2 Å². The van der Waals surface area contributed by atoms with Gasteiger partial charge in [-0.15, -0.1) is 0 Å². The van der Waals surface area contributed by atoms with E-state index in [-0.39, 0.29) is 5.78 Å². The van der Waals surface area contributed by atoms with Crippen LogP contribution in [0.25, 0.3) is 0 Å². The Morgan fingerprint density at radius 3 is 2.11 bits per heavy atom. The zero-order chi connectivity index (χ0) is 13.1. The molecule has 0 atom stereocenters. The molecule has 0 spiro atoms. The number of benzene rings is 2. The predicted octanol–water partition coefficient (Wildman–Crippen LogP) is 4.23. The highest BCUT2D eigenvalue weighted by molar-refractivity contribution is 6.42. The molecule has 0 fully saturated rings. The normalized spacial score (nSPS) is 10.2. The number of halogens is 2. The first-order valence-electron chi connectivity index (χ1n) is 5.25. The van der Waals surface area contributed by atoms with E-state index in [9.17, 15) is 4.79 Å². The van der Waals surface area contributed by atoms with E-state index >= 15 is 0 Å². The first-order chi connectivity index (χ1) is 8.61. The Morgan fingerprint density at radius 2 is 1.56 bits per heavy atom. The monoisotopic (exact) mass is 280 g/mol. The molecule has 2 aromatic carbocycles. The average Bonchev–Trinajstić information content (AvgIpc) is 2.41. The molecule has 18 heavy (non-hydrogen) atoms. The van der Waals surface area contributed by atoms with E-state index in [0.717, 1.165) is 0 Å². The minimum absolute atomic E-state index is 0.101. The van der Waals surface area contributed by atoms with Gasteiger partial charge in [0.25, 0.3) is 0 Å². The van der Waals surface area contributed by atoms with E-state index in [0.29, 0.717) is 26.9 Å². The number of carbonyl (C=O) groups excluding carboxylic acids is 1. The fourth-order valence-electron chi connectivity index (χ4n) is 1.55. The van der Waals surface area contributed by atoms with Gasteiger partial charge in [0.2, 0.25) is 0 Å². The number of methoxy groups -OCH3 is 1. The van der Waals surface area contributed by atoms with Crippen LogP contribution in [0.1, 0.15) is 15.9 Å². The highest BCUT2D eigenvalue weighted by Crippen LogP contribution is 2.24. The van der Waals surface area contributed by atoms with Crippen LogP contribution in [0.2, 0.25) is 10.0 Å². The molecule has 0 heterocycles. The van der Waals surface area contributed by atoms with E-state index in [2.05, 4.69) is 0 Å². The summed E-state index contributed by atoms with van der Waals surface area (Å²) in [5.41, 5.74) is 1.09. The maximum absolute atomic E-state index is 12.2. The Labute approximate surface area is 115 Å². The van der Waals surface area contributed by atoms with Gasteiger partial charge in [-0.05, 0) is 42.5 Å². The highest BCUT2D eigenvalue weighted by Gasteiger charge is 2.10. The SMILES string of the molecule is COc1ccc(C(=O)c2ccc(Cl)c(Cl)c2)cc1. The van der Waals surface area contributed by atoms with Crippen LogP contribution in [-0.2, 0) is 0 Å². The van der Waals surface area contributed by atoms with Crippen molar-refractivity contribution in [2.24, 2.45) is 0 Å². The van der Waals surface area contributed by atoms with Gasteiger partial charge >= 0.3 is 0 Å². The summed E-state index contributed by atoms with van der Waals surface area (Å²) in [5, 5.41) is 0.805. The smallest absolute Gasteiger partial charge is 0.193 e. The Bertz CT molecular complexity index is 577. The summed E-state index contributed by atoms with van der Waals surface area (Å²) in [6.45, 7) is 0. The molecule has 0 aliphatic heterocycles. The van der Waals surface area contributed by atoms with Crippen molar-refractivity contribution in [3.63, 3.8) is 0 Å². The fourth-order valence-corrected chi connectivity index (χ4v) is 1.84. The second-order valence-electron chi connectivity index (χ2n) is 3.69. The summed E-state index contributed by atoms with van der Waals surface area (Å²) in [6.07, 6.45) is 0. The van der Waals surface area contributed by atoms with Gasteiger partial charge in [-0.2, -0.15) is 0 Å². The number of rotatable bonds is 3. The molecular formula is C14H10Cl2O2. The largest absolute Gasteiger partial charge is 0.497 e. The van der Waals surface area contributed by atoms with Crippen LogP contribution in [0, 0.1) is 0 Å². The van der Waals surface area contributed by atoms with Crippen LogP contribution in [0.5, 0.6) is 5.75 Å². The molecule has 0 aliphatic rings. The Kier molecular flexibility index (Phi) is 3.90. The summed E-state index contributed by atoms with van der Waals surface area (Å²) >= 11 is 11.7. The van der Waals surface area contributed by atoms with Crippen LogP contribution < -0.4 is 4.74 Å². The van der Waals surface area contributed by atoms with Gasteiger partial charge < -0.3 is 4.74 Å². The third-order valence-corrected chi connectivity index (χ3v) is 3.27. The molecule has 0 bridgehead atoms. The van der Waals surface area contributed by atoms with Crippen molar-refractivity contribution in [2.45, 2.75) is 0 Å². The van der Waals surface area contributed by atoms with Crippen LogP contribution in [0.15, 0.2) is 42.5 Å². The maximum Gasteiger partial charge on any atom is 0.193 e. The zero-order valence-electron chi connectivity index (χ0n) is 9.61. The summed E-state index contributed by atoms with van der Waals surface area (Å²) in [5.74, 6) is 0.608. The number of hydrogen-bond donors (Lipinski definition) is 0. The second kappa shape index (κ2) is 5.42. The van der Waals surface area contributed by atoms with Crippen molar-refractivity contribution < 1.29 is 9.53 Å². The molecule has 0 aromatic heterocycles. The standard InChI is InChI=1S/C14H10Cl2O2/c1-18-11-5-2-9(3-6-11)14(17)10-4-7-12(15)13(16)8-10/h2-8H,1H3. The topological polar surface area (TPSA) is 26.3 Å². The molecule has 2 nitrogen and oxygen atoms in total. The molecule has 0 aliphatic carbocycles. The maximum atomic E-state index is 12.2. The van der Waals surface area contributed by atoms with Crippen LogP contribution in [0.3, 0.4) is 0 Å². The molecule has 0 amide bonds. The van der Waals surface area contributed by atoms with E-state index in [1.165, 1.54) is 0 Å². The Morgan fingerprint density at radius 1 is 0.944 bits per heavy atom. The van der Waals surface area contributed by atoms with Gasteiger partial charge in [-0.1, -0.05) is 23.2 Å². The first-order valence-corrected chi connectivity index (χ1v) is 6.01. The Balaban J connectivity index is 2.32. The molecule has 0 radical (unpaired) electrons. The van der Waals surface area contributed by atoms with Gasteiger partial charge in [-0.3, -0.25) is 4.79 Å². The van der Waals surface area contributed by atoms with E-state index in [1.54, 1.807) is 49.6 Å². The van der Waals surface area contributed by atoms with Gasteiger partial charge in [0, 0.05) is 11.1 Å². The van der Waals surface area contributed by atoms with Gasteiger partial charge in [-0.25, -0.2) is 0 Å². The zero-order valence-corrected chi connectivity index (χ0v) is 11.1. The number of hydrogen-bond acceptors (Lipinski definition) is 2. The minimum atomic E-state index is -0.101. The molecule has 0 saturated carbocycles. The predicted molar refractivity (Wildman–Crippen MR) is 72.9 cm³/mol. The lowest BCUT2D eigenvalue weighted by molar-refractivity contribution is 0.103. The fraction of sp³-hybridized carbons (Fsp3) is 0.0714. The molecular weight excluding hydrogens is 271 g/mol. The summed E-state index contributed by atoms with van der Waals surface area (Å²) < 4.78 is 5.04. The highest BCUT2D eigenvalue weighted by atomic mass is 35.5. The third-order valence-electron chi connectivity index (χ3n) is 2.53. The lowest BCUT2D eigenvalue weighted by Crippen LogP contribution is -2.01. The van der Waals surface area contributed by atoms with E-state index in [4.69, 9.17) is 27.9 Å². The number of carbonyl (C=O) groups is 1. The minimum Gasteiger partial charge on any atom is -0.497 e. The Hall–Kier alpha value is -1.51. The van der Waals surface area contributed by atoms with Crippen LogP contribution in [-0.4, -0.2) is 12.9 Å². The average molecular weight is 281 g/mol. The lowest BCUT2D eigenvalue weighted by Gasteiger charge is -2.04. The van der Waals surface area contributed by atoms with Gasteiger partial charge in [0.1, 0.15) is 5.75 Å². The molecule has 92 valence electrons. The third kappa shape index (κ3) is 2.66. The summed E-state index contributed by atoms with van der Waals surface area (Å²) in [6, 6.07) is 11.7. The van der Waals surface area contributed by atoms with Crippen molar-refractivity contribution in [2.75, 3.05) is 7.11 Å². The van der Waals surface area contributed by atoms with Crippen molar-refractivity contribution >= 4 is 29.0 Å². The van der Waals surface area contributed by atoms with Crippen molar-refractivity contribution in [3.8, 4) is 5.75 Å². The molecule has 0 N–H and O–H groups in total. The molecule has 0 unspecified atom stereocenters. The summed E-state index contributed by atoms with van der Waals surface area (Å²) in [4.78, 5) is 12.2. The van der Waals surface area contributed by atoms with Gasteiger partial charge in [0.05, 0.1) is 17.2 Å². The molecule has 2 aromatic rings. The van der Waals surface area contributed by atoms with E-state index in [1.807, 2.05) is 0 Å². The molecule has 2 rings (SSSR count). The van der Waals surface area contributed by atoms with E-state index < -0.39 is 0 Å². The lowest BCUT2D eigenvalue weighted by atomic mass is 10.0. The van der Waals surface area contributed by atoms with Crippen molar-refractivity contribution in [3.05, 3.63) is 63.6 Å². The number of ether oxygens (including phenoxy) is 1. The molecule has 0 saturated heterocycles. The summed E-state index contributed by atoms with van der Waals surface area (Å²) in [7, 11) is 1.58. The van der Waals surface area contributed by atoms with Crippen LogP contribution in [0.4, 0.5) is 0 Å². The van der Waals surface area contributed by atoms with Crippen molar-refractivity contribution in [1.82, 2.24) is 0 Å². The quantitative estimate of drug-likeness (QED) is 0.787.